The molecule has 1 N–H and O–H groups in total. The number of ether oxygens (including phenoxy) is 1. The Kier molecular flexibility index (Phi) is 5.49. The van der Waals surface area contributed by atoms with E-state index in [0.29, 0.717) is 12.2 Å². The zero-order chi connectivity index (χ0) is 18.5. The molecule has 1 aliphatic heterocycles. The number of rotatable bonds is 6. The molecule has 134 valence electrons. The van der Waals surface area contributed by atoms with Gasteiger partial charge in [-0.05, 0) is 36.2 Å². The van der Waals surface area contributed by atoms with E-state index in [1.807, 2.05) is 13.0 Å². The average molecular weight is 350 g/mol. The highest BCUT2D eigenvalue weighted by molar-refractivity contribution is 5.79. The van der Waals surface area contributed by atoms with Crippen LogP contribution in [0.4, 0.5) is 0 Å². The number of aryl methyl sites for hydroxylation is 1. The lowest BCUT2D eigenvalue weighted by Crippen LogP contribution is -2.52. The predicted molar refractivity (Wildman–Crippen MR) is 97.3 cm³/mol. The molecule has 0 atom stereocenters. The Morgan fingerprint density at radius 2 is 2.19 bits per heavy atom. The van der Waals surface area contributed by atoms with Crippen LogP contribution >= 0.6 is 0 Å². The summed E-state index contributed by atoms with van der Waals surface area (Å²) in [5.74, 6) is 1.04. The van der Waals surface area contributed by atoms with Crippen molar-refractivity contribution in [2.45, 2.75) is 20.1 Å². The summed E-state index contributed by atoms with van der Waals surface area (Å²) in [6, 6.07) is 11.6. The van der Waals surface area contributed by atoms with E-state index in [-0.39, 0.29) is 11.8 Å². The molecule has 1 aliphatic rings. The Morgan fingerprint density at radius 1 is 1.38 bits per heavy atom. The van der Waals surface area contributed by atoms with E-state index in [2.05, 4.69) is 33.4 Å². The van der Waals surface area contributed by atoms with Crippen LogP contribution in [0, 0.1) is 24.2 Å². The number of hydrogen-bond acceptors (Lipinski definition) is 5. The van der Waals surface area contributed by atoms with Crippen molar-refractivity contribution in [1.82, 2.24) is 15.2 Å². The van der Waals surface area contributed by atoms with Gasteiger partial charge in [0.1, 0.15) is 12.4 Å². The van der Waals surface area contributed by atoms with E-state index < -0.39 is 0 Å². The van der Waals surface area contributed by atoms with Crippen LogP contribution in [0.15, 0.2) is 36.5 Å². The van der Waals surface area contributed by atoms with E-state index in [0.717, 1.165) is 36.6 Å². The number of nitrogens with zero attached hydrogens (tertiary/aromatic N) is 3. The number of likely N-dealkylation sites (tertiary alicyclic amines) is 1. The van der Waals surface area contributed by atoms with Gasteiger partial charge in [0.15, 0.2) is 0 Å². The second kappa shape index (κ2) is 7.98. The van der Waals surface area contributed by atoms with Crippen molar-refractivity contribution in [3.63, 3.8) is 0 Å². The fraction of sp³-hybridized carbons (Fsp3) is 0.350. The van der Waals surface area contributed by atoms with Gasteiger partial charge >= 0.3 is 0 Å². The van der Waals surface area contributed by atoms with Gasteiger partial charge in [-0.1, -0.05) is 12.1 Å². The number of pyridine rings is 1. The molecule has 1 aromatic heterocycles. The van der Waals surface area contributed by atoms with Crippen LogP contribution in [-0.4, -0.2) is 35.9 Å². The molecule has 0 saturated carbocycles. The maximum Gasteiger partial charge on any atom is 0.225 e. The van der Waals surface area contributed by atoms with E-state index in [4.69, 9.17) is 10.00 Å². The van der Waals surface area contributed by atoms with Gasteiger partial charge in [-0.3, -0.25) is 14.7 Å². The number of benzene rings is 1. The molecule has 0 bridgehead atoms. The topological polar surface area (TPSA) is 78.3 Å². The third kappa shape index (κ3) is 4.19. The standard InChI is InChI=1S/C20H22N4O2/c1-14-7-16(10-24-11-17(12-24)20(25)22-2)3-4-19(14)26-13-18-8-15(9-21)5-6-23-18/h3-8,17H,10-13H2,1-2H3,(H,22,25). The molecular weight excluding hydrogens is 328 g/mol. The van der Waals surface area contributed by atoms with Crippen LogP contribution in [-0.2, 0) is 17.9 Å². The maximum absolute atomic E-state index is 11.5. The van der Waals surface area contributed by atoms with Crippen molar-refractivity contribution in [1.29, 1.82) is 5.26 Å². The molecule has 26 heavy (non-hydrogen) atoms. The molecule has 6 nitrogen and oxygen atoms in total. The summed E-state index contributed by atoms with van der Waals surface area (Å²) in [7, 11) is 1.68. The van der Waals surface area contributed by atoms with Crippen molar-refractivity contribution in [2.75, 3.05) is 20.1 Å². The largest absolute Gasteiger partial charge is 0.487 e. The number of carbonyl (C=O) groups excluding carboxylic acids is 1. The van der Waals surface area contributed by atoms with Gasteiger partial charge in [-0.15, -0.1) is 0 Å². The summed E-state index contributed by atoms with van der Waals surface area (Å²) < 4.78 is 5.85. The van der Waals surface area contributed by atoms with Gasteiger partial charge in [0.05, 0.1) is 23.2 Å². The zero-order valence-corrected chi connectivity index (χ0v) is 15.0. The van der Waals surface area contributed by atoms with E-state index in [1.165, 1.54) is 5.56 Å². The first-order chi connectivity index (χ1) is 12.6. The molecule has 2 aromatic rings. The minimum atomic E-state index is 0.111. The molecule has 6 heteroatoms. The predicted octanol–water partition coefficient (Wildman–Crippen LogP) is 2.02. The minimum Gasteiger partial charge on any atom is -0.487 e. The summed E-state index contributed by atoms with van der Waals surface area (Å²) >= 11 is 0. The average Bonchev–Trinajstić information content (AvgIpc) is 2.63. The van der Waals surface area contributed by atoms with E-state index in [9.17, 15) is 4.79 Å². The third-order valence-electron chi connectivity index (χ3n) is 4.54. The molecule has 0 aliphatic carbocycles. The molecule has 1 fully saturated rings. The van der Waals surface area contributed by atoms with Gasteiger partial charge in [0, 0.05) is 32.9 Å². The highest BCUT2D eigenvalue weighted by Gasteiger charge is 2.31. The van der Waals surface area contributed by atoms with Gasteiger partial charge in [-0.25, -0.2) is 0 Å². The van der Waals surface area contributed by atoms with Crippen LogP contribution in [0.5, 0.6) is 5.75 Å². The lowest BCUT2D eigenvalue weighted by molar-refractivity contribution is -0.129. The van der Waals surface area contributed by atoms with E-state index >= 15 is 0 Å². The fourth-order valence-electron chi connectivity index (χ4n) is 3.08. The van der Waals surface area contributed by atoms with E-state index in [1.54, 1.807) is 25.4 Å². The van der Waals surface area contributed by atoms with Crippen LogP contribution < -0.4 is 10.1 Å². The number of hydrogen-bond donors (Lipinski definition) is 1. The molecule has 2 heterocycles. The lowest BCUT2D eigenvalue weighted by Gasteiger charge is -2.38. The van der Waals surface area contributed by atoms with Crippen molar-refractivity contribution in [3.05, 3.63) is 58.9 Å². The number of nitrogens with one attached hydrogen (secondary N) is 1. The molecule has 1 aromatic carbocycles. The smallest absolute Gasteiger partial charge is 0.225 e. The van der Waals surface area contributed by atoms with Crippen LogP contribution in [0.3, 0.4) is 0 Å². The molecule has 0 radical (unpaired) electrons. The molecular formula is C20H22N4O2. The second-order valence-corrected chi connectivity index (χ2v) is 6.54. The van der Waals surface area contributed by atoms with Crippen molar-refractivity contribution in [3.8, 4) is 11.8 Å². The molecule has 1 amide bonds. The number of carbonyl (C=O) groups is 1. The van der Waals surface area contributed by atoms with Crippen molar-refractivity contribution < 1.29 is 9.53 Å². The number of aromatic nitrogens is 1. The molecule has 1 saturated heterocycles. The highest BCUT2D eigenvalue weighted by atomic mass is 16.5. The number of amides is 1. The summed E-state index contributed by atoms with van der Waals surface area (Å²) in [6.07, 6.45) is 1.62. The van der Waals surface area contributed by atoms with Gasteiger partial charge in [-0.2, -0.15) is 5.26 Å². The number of nitriles is 1. The van der Waals surface area contributed by atoms with Gasteiger partial charge in [0.25, 0.3) is 0 Å². The van der Waals surface area contributed by atoms with Crippen LogP contribution in [0.1, 0.15) is 22.4 Å². The second-order valence-electron chi connectivity index (χ2n) is 6.54. The Balaban J connectivity index is 1.54. The maximum atomic E-state index is 11.5. The Labute approximate surface area is 153 Å². The van der Waals surface area contributed by atoms with Crippen LogP contribution in [0.25, 0.3) is 0 Å². The van der Waals surface area contributed by atoms with Crippen LogP contribution in [0.2, 0.25) is 0 Å². The zero-order valence-electron chi connectivity index (χ0n) is 15.0. The summed E-state index contributed by atoms with van der Waals surface area (Å²) in [5, 5.41) is 11.6. The van der Waals surface area contributed by atoms with Crippen molar-refractivity contribution >= 4 is 5.91 Å². The first-order valence-electron chi connectivity index (χ1n) is 8.60. The molecule has 0 spiro atoms. The quantitative estimate of drug-likeness (QED) is 0.862. The Hall–Kier alpha value is -2.91. The molecule has 3 rings (SSSR count). The Bertz CT molecular complexity index is 838. The lowest BCUT2D eigenvalue weighted by atomic mass is 9.98. The summed E-state index contributed by atoms with van der Waals surface area (Å²) in [4.78, 5) is 18.0. The van der Waals surface area contributed by atoms with Gasteiger partial charge < -0.3 is 10.1 Å². The minimum absolute atomic E-state index is 0.111. The summed E-state index contributed by atoms with van der Waals surface area (Å²) in [5.41, 5.74) is 3.57. The highest BCUT2D eigenvalue weighted by Crippen LogP contribution is 2.24. The first-order valence-corrected chi connectivity index (χ1v) is 8.60. The van der Waals surface area contributed by atoms with Crippen molar-refractivity contribution in [2.24, 2.45) is 5.92 Å². The molecule has 0 unspecified atom stereocenters. The summed E-state index contributed by atoms with van der Waals surface area (Å²) in [6.45, 7) is 4.78. The first kappa shape index (κ1) is 17.9. The third-order valence-corrected chi connectivity index (χ3v) is 4.54. The Morgan fingerprint density at radius 3 is 2.88 bits per heavy atom. The fourth-order valence-corrected chi connectivity index (χ4v) is 3.08. The van der Waals surface area contributed by atoms with Gasteiger partial charge in [0.2, 0.25) is 5.91 Å². The normalized spacial score (nSPS) is 14.3. The SMILES string of the molecule is CNC(=O)C1CN(Cc2ccc(OCc3cc(C#N)ccn3)c(C)c2)C1. The monoisotopic (exact) mass is 350 g/mol.